The number of rotatable bonds is 7. The van der Waals surface area contributed by atoms with Gasteiger partial charge in [-0.3, -0.25) is 4.79 Å². The van der Waals surface area contributed by atoms with Crippen LogP contribution in [-0.4, -0.2) is 38.0 Å². The average molecular weight is 328 g/mol. The lowest BCUT2D eigenvalue weighted by molar-refractivity contribution is -0.139. The van der Waals surface area contributed by atoms with E-state index in [2.05, 4.69) is 22.2 Å². The predicted molar refractivity (Wildman–Crippen MR) is 89.2 cm³/mol. The van der Waals surface area contributed by atoms with Crippen LogP contribution >= 0.6 is 0 Å². The minimum absolute atomic E-state index is 0.112. The Morgan fingerprint density at radius 3 is 2.58 bits per heavy atom. The maximum absolute atomic E-state index is 12.3. The van der Waals surface area contributed by atoms with Crippen LogP contribution in [0.2, 0.25) is 0 Å². The summed E-state index contributed by atoms with van der Waals surface area (Å²) in [4.78, 5) is 23.6. The maximum atomic E-state index is 12.3. The smallest absolute Gasteiger partial charge is 0.326 e. The van der Waals surface area contributed by atoms with Crippen LogP contribution < -0.4 is 5.32 Å². The lowest BCUT2D eigenvalue weighted by atomic mass is 10.1. The molecule has 1 amide bonds. The van der Waals surface area contributed by atoms with Crippen molar-refractivity contribution >= 4 is 11.9 Å². The number of aliphatic carboxylic acids is 1. The number of carbonyl (C=O) groups is 2. The molecule has 0 fully saturated rings. The SMILES string of the molecule is C=CCCC(NC(=O)c1nnn(-c2ccc(C)cc2)c1C)C(=O)O. The lowest BCUT2D eigenvalue weighted by Crippen LogP contribution is -2.41. The molecule has 2 rings (SSSR count). The van der Waals surface area contributed by atoms with Gasteiger partial charge in [-0.15, -0.1) is 11.7 Å². The largest absolute Gasteiger partial charge is 0.480 e. The first-order valence-electron chi connectivity index (χ1n) is 7.58. The number of amides is 1. The first kappa shape index (κ1) is 17.4. The molecule has 0 radical (unpaired) electrons. The van der Waals surface area contributed by atoms with Crippen molar-refractivity contribution in [2.45, 2.75) is 32.7 Å². The summed E-state index contributed by atoms with van der Waals surface area (Å²) in [5, 5.41) is 19.6. The fourth-order valence-electron chi connectivity index (χ4n) is 2.24. The summed E-state index contributed by atoms with van der Waals surface area (Å²) in [6.45, 7) is 7.25. The van der Waals surface area contributed by atoms with E-state index in [1.807, 2.05) is 31.2 Å². The summed E-state index contributed by atoms with van der Waals surface area (Å²) in [7, 11) is 0. The van der Waals surface area contributed by atoms with Crippen LogP contribution in [0.25, 0.3) is 5.69 Å². The number of aryl methyl sites for hydroxylation is 1. The number of benzene rings is 1. The number of hydrogen-bond acceptors (Lipinski definition) is 4. The first-order valence-corrected chi connectivity index (χ1v) is 7.58. The molecule has 0 saturated carbocycles. The highest BCUT2D eigenvalue weighted by Gasteiger charge is 2.23. The van der Waals surface area contributed by atoms with Gasteiger partial charge in [0.05, 0.1) is 11.4 Å². The van der Waals surface area contributed by atoms with Gasteiger partial charge < -0.3 is 10.4 Å². The van der Waals surface area contributed by atoms with Gasteiger partial charge in [0.2, 0.25) is 0 Å². The lowest BCUT2D eigenvalue weighted by Gasteiger charge is -2.12. The number of carbonyl (C=O) groups excluding carboxylic acids is 1. The van der Waals surface area contributed by atoms with Crippen molar-refractivity contribution in [1.29, 1.82) is 0 Å². The zero-order chi connectivity index (χ0) is 17.7. The Labute approximate surface area is 140 Å². The molecule has 0 spiro atoms. The number of nitrogens with zero attached hydrogens (tertiary/aromatic N) is 3. The molecule has 7 heteroatoms. The second-order valence-electron chi connectivity index (χ2n) is 5.50. The van der Waals surface area contributed by atoms with Gasteiger partial charge in [-0.05, 0) is 38.8 Å². The van der Waals surface area contributed by atoms with E-state index < -0.39 is 17.9 Å². The number of carboxylic acids is 1. The second-order valence-corrected chi connectivity index (χ2v) is 5.50. The monoisotopic (exact) mass is 328 g/mol. The van der Waals surface area contributed by atoms with E-state index in [0.29, 0.717) is 12.1 Å². The molecule has 2 aromatic rings. The third-order valence-corrected chi connectivity index (χ3v) is 3.65. The van der Waals surface area contributed by atoms with E-state index in [-0.39, 0.29) is 12.1 Å². The minimum atomic E-state index is -1.09. The van der Waals surface area contributed by atoms with Gasteiger partial charge in [0.1, 0.15) is 6.04 Å². The van der Waals surface area contributed by atoms with Gasteiger partial charge in [-0.2, -0.15) is 0 Å². The molecule has 7 nitrogen and oxygen atoms in total. The number of nitrogens with one attached hydrogen (secondary N) is 1. The molecule has 0 aliphatic rings. The Kier molecular flexibility index (Phi) is 5.47. The molecule has 1 aromatic carbocycles. The molecule has 1 atom stereocenters. The van der Waals surface area contributed by atoms with Gasteiger partial charge >= 0.3 is 5.97 Å². The Morgan fingerprint density at radius 2 is 2.00 bits per heavy atom. The van der Waals surface area contributed by atoms with Crippen molar-refractivity contribution in [2.75, 3.05) is 0 Å². The van der Waals surface area contributed by atoms with Crippen LogP contribution in [0.15, 0.2) is 36.9 Å². The Morgan fingerprint density at radius 1 is 1.33 bits per heavy atom. The van der Waals surface area contributed by atoms with E-state index in [4.69, 9.17) is 0 Å². The number of hydrogen-bond donors (Lipinski definition) is 2. The first-order chi connectivity index (χ1) is 11.4. The molecule has 2 N–H and O–H groups in total. The number of allylic oxidation sites excluding steroid dienone is 1. The quantitative estimate of drug-likeness (QED) is 0.758. The summed E-state index contributed by atoms with van der Waals surface area (Å²) in [6, 6.07) is 6.64. The van der Waals surface area contributed by atoms with Crippen molar-refractivity contribution in [1.82, 2.24) is 20.3 Å². The van der Waals surface area contributed by atoms with Gasteiger partial charge in [0.15, 0.2) is 5.69 Å². The molecule has 24 heavy (non-hydrogen) atoms. The van der Waals surface area contributed by atoms with E-state index in [0.717, 1.165) is 11.3 Å². The molecule has 0 aliphatic carbocycles. The Hall–Kier alpha value is -2.96. The summed E-state index contributed by atoms with van der Waals surface area (Å²) in [5.41, 5.74) is 2.55. The number of aromatic nitrogens is 3. The molecule has 126 valence electrons. The molecule has 1 unspecified atom stereocenters. The van der Waals surface area contributed by atoms with Crippen LogP contribution in [0.5, 0.6) is 0 Å². The Bertz CT molecular complexity index is 750. The van der Waals surface area contributed by atoms with Crippen molar-refractivity contribution in [3.63, 3.8) is 0 Å². The van der Waals surface area contributed by atoms with Gasteiger partial charge in [-0.25, -0.2) is 9.48 Å². The molecule has 0 saturated heterocycles. The fraction of sp³-hybridized carbons (Fsp3) is 0.294. The highest BCUT2D eigenvalue weighted by Crippen LogP contribution is 2.13. The van der Waals surface area contributed by atoms with E-state index in [1.54, 1.807) is 17.7 Å². The summed E-state index contributed by atoms with van der Waals surface area (Å²) >= 11 is 0. The molecule has 1 aromatic heterocycles. The van der Waals surface area contributed by atoms with Crippen LogP contribution in [0.3, 0.4) is 0 Å². The molecule has 0 bridgehead atoms. The predicted octanol–water partition coefficient (Wildman–Crippen LogP) is 2.03. The number of carboxylic acid groups (broad SMARTS) is 1. The average Bonchev–Trinajstić information content (AvgIpc) is 2.93. The molecule has 1 heterocycles. The third-order valence-electron chi connectivity index (χ3n) is 3.65. The van der Waals surface area contributed by atoms with Crippen molar-refractivity contribution < 1.29 is 14.7 Å². The highest BCUT2D eigenvalue weighted by molar-refractivity contribution is 5.95. The van der Waals surface area contributed by atoms with E-state index in [9.17, 15) is 14.7 Å². The normalized spacial score (nSPS) is 11.8. The topological polar surface area (TPSA) is 97.1 Å². The molecule has 0 aliphatic heterocycles. The maximum Gasteiger partial charge on any atom is 0.326 e. The van der Waals surface area contributed by atoms with Crippen LogP contribution in [0.1, 0.15) is 34.6 Å². The zero-order valence-corrected chi connectivity index (χ0v) is 13.7. The summed E-state index contributed by atoms with van der Waals surface area (Å²) in [5.74, 6) is -1.64. The standard InChI is InChI=1S/C17H20N4O3/c1-4-5-6-14(17(23)24)18-16(22)15-12(3)21(20-19-15)13-9-7-11(2)8-10-13/h4,7-10,14H,1,5-6H2,2-3H3,(H,18,22)(H,23,24). The molecular weight excluding hydrogens is 308 g/mol. The van der Waals surface area contributed by atoms with Crippen molar-refractivity contribution in [2.24, 2.45) is 0 Å². The fourth-order valence-corrected chi connectivity index (χ4v) is 2.24. The van der Waals surface area contributed by atoms with Crippen LogP contribution in [-0.2, 0) is 4.79 Å². The highest BCUT2D eigenvalue weighted by atomic mass is 16.4. The van der Waals surface area contributed by atoms with Crippen molar-refractivity contribution in [3.05, 3.63) is 53.9 Å². The van der Waals surface area contributed by atoms with Crippen LogP contribution in [0, 0.1) is 13.8 Å². The summed E-state index contributed by atoms with van der Waals surface area (Å²) in [6.07, 6.45) is 2.38. The minimum Gasteiger partial charge on any atom is -0.480 e. The van der Waals surface area contributed by atoms with E-state index in [1.165, 1.54) is 0 Å². The van der Waals surface area contributed by atoms with Crippen molar-refractivity contribution in [3.8, 4) is 5.69 Å². The van der Waals surface area contributed by atoms with Gasteiger partial charge in [-0.1, -0.05) is 29.0 Å². The summed E-state index contributed by atoms with van der Waals surface area (Å²) < 4.78 is 1.55. The van der Waals surface area contributed by atoms with E-state index >= 15 is 0 Å². The third kappa shape index (κ3) is 3.87. The zero-order valence-electron chi connectivity index (χ0n) is 13.7. The Balaban J connectivity index is 2.20. The van der Waals surface area contributed by atoms with Crippen LogP contribution in [0.4, 0.5) is 0 Å². The van der Waals surface area contributed by atoms with Gasteiger partial charge in [0.25, 0.3) is 5.91 Å². The second kappa shape index (κ2) is 7.54. The molecular formula is C17H20N4O3. The van der Waals surface area contributed by atoms with Gasteiger partial charge in [0, 0.05) is 0 Å².